The Morgan fingerprint density at radius 2 is 1.90 bits per heavy atom. The van der Waals surface area contributed by atoms with Crippen molar-refractivity contribution in [3.8, 4) is 5.75 Å². The molecule has 0 aromatic heterocycles. The lowest BCUT2D eigenvalue weighted by Crippen LogP contribution is -2.37. The van der Waals surface area contributed by atoms with Crippen LogP contribution in [0.4, 0.5) is 11.4 Å². The SMILES string of the molecule is CCCCOc1cccc(C(=O)Nc2ccc(N3CCOCC3)c(C(=O)OCC)c2)c1. The minimum Gasteiger partial charge on any atom is -0.494 e. The molecule has 0 spiro atoms. The monoisotopic (exact) mass is 426 g/mol. The van der Waals surface area contributed by atoms with Gasteiger partial charge in [-0.05, 0) is 49.7 Å². The summed E-state index contributed by atoms with van der Waals surface area (Å²) < 4.78 is 16.3. The fourth-order valence-electron chi connectivity index (χ4n) is 3.33. The van der Waals surface area contributed by atoms with E-state index >= 15 is 0 Å². The minimum absolute atomic E-state index is 0.269. The van der Waals surface area contributed by atoms with Crippen LogP contribution in [-0.2, 0) is 9.47 Å². The highest BCUT2D eigenvalue weighted by molar-refractivity contribution is 6.05. The number of nitrogens with zero attached hydrogens (tertiary/aromatic N) is 1. The third kappa shape index (κ3) is 6.21. The third-order valence-electron chi connectivity index (χ3n) is 4.96. The second-order valence-electron chi connectivity index (χ2n) is 7.24. The summed E-state index contributed by atoms with van der Waals surface area (Å²) in [5, 5.41) is 2.87. The largest absolute Gasteiger partial charge is 0.494 e. The Hall–Kier alpha value is -3.06. The van der Waals surface area contributed by atoms with E-state index < -0.39 is 5.97 Å². The van der Waals surface area contributed by atoms with Crippen molar-refractivity contribution in [2.45, 2.75) is 26.7 Å². The molecule has 1 aliphatic rings. The number of ether oxygens (including phenoxy) is 3. The molecule has 1 aliphatic heterocycles. The van der Waals surface area contributed by atoms with E-state index in [1.54, 1.807) is 37.3 Å². The van der Waals surface area contributed by atoms with Crippen molar-refractivity contribution in [3.63, 3.8) is 0 Å². The van der Waals surface area contributed by atoms with Crippen molar-refractivity contribution < 1.29 is 23.8 Å². The number of carbonyl (C=O) groups excluding carboxylic acids is 2. The number of esters is 1. The van der Waals surface area contributed by atoms with Gasteiger partial charge < -0.3 is 24.4 Å². The Labute approximate surface area is 183 Å². The minimum atomic E-state index is -0.411. The molecule has 7 nitrogen and oxygen atoms in total. The molecule has 0 saturated carbocycles. The van der Waals surface area contributed by atoms with Crippen LogP contribution in [0.3, 0.4) is 0 Å². The topological polar surface area (TPSA) is 77.1 Å². The average Bonchev–Trinajstić information content (AvgIpc) is 2.80. The molecule has 1 amide bonds. The van der Waals surface area contributed by atoms with Crippen molar-refractivity contribution in [2.24, 2.45) is 0 Å². The molecule has 1 saturated heterocycles. The first-order chi connectivity index (χ1) is 15.1. The highest BCUT2D eigenvalue weighted by Gasteiger charge is 2.21. The second-order valence-corrected chi connectivity index (χ2v) is 7.24. The van der Waals surface area contributed by atoms with Gasteiger partial charge >= 0.3 is 5.97 Å². The van der Waals surface area contributed by atoms with Crippen LogP contribution in [0.25, 0.3) is 0 Å². The number of hydrogen-bond donors (Lipinski definition) is 1. The van der Waals surface area contributed by atoms with Crippen molar-refractivity contribution in [1.29, 1.82) is 0 Å². The molecular weight excluding hydrogens is 396 g/mol. The summed E-state index contributed by atoms with van der Waals surface area (Å²) in [5.41, 5.74) is 2.23. The van der Waals surface area contributed by atoms with Gasteiger partial charge in [-0.25, -0.2) is 4.79 Å². The van der Waals surface area contributed by atoms with Crippen molar-refractivity contribution >= 4 is 23.3 Å². The van der Waals surface area contributed by atoms with Gasteiger partial charge in [-0.15, -0.1) is 0 Å². The van der Waals surface area contributed by atoms with Gasteiger partial charge in [0.1, 0.15) is 5.75 Å². The van der Waals surface area contributed by atoms with Crippen LogP contribution < -0.4 is 15.0 Å². The van der Waals surface area contributed by atoms with Gasteiger partial charge in [0.25, 0.3) is 5.91 Å². The van der Waals surface area contributed by atoms with Crippen LogP contribution in [0, 0.1) is 0 Å². The van der Waals surface area contributed by atoms with Gasteiger partial charge in [0.05, 0.1) is 37.7 Å². The number of anilines is 2. The summed E-state index contributed by atoms with van der Waals surface area (Å²) in [6.07, 6.45) is 2.01. The van der Waals surface area contributed by atoms with Gasteiger partial charge in [-0.2, -0.15) is 0 Å². The van der Waals surface area contributed by atoms with Crippen LogP contribution >= 0.6 is 0 Å². The number of unbranched alkanes of at least 4 members (excludes halogenated alkanes) is 1. The van der Waals surface area contributed by atoms with E-state index in [2.05, 4.69) is 17.1 Å². The average molecular weight is 427 g/mol. The summed E-state index contributed by atoms with van der Waals surface area (Å²) in [6, 6.07) is 12.4. The lowest BCUT2D eigenvalue weighted by molar-refractivity contribution is 0.0526. The van der Waals surface area contributed by atoms with E-state index in [1.165, 1.54) is 0 Å². The van der Waals surface area contributed by atoms with Gasteiger partial charge in [-0.1, -0.05) is 19.4 Å². The van der Waals surface area contributed by atoms with Crippen molar-refractivity contribution in [1.82, 2.24) is 0 Å². The maximum Gasteiger partial charge on any atom is 0.340 e. The standard InChI is InChI=1S/C24H30N2O5/c1-3-5-13-31-20-8-6-7-18(16-20)23(27)25-19-9-10-22(26-11-14-29-15-12-26)21(17-19)24(28)30-4-2/h6-10,16-17H,3-5,11-15H2,1-2H3,(H,25,27). The van der Waals surface area contributed by atoms with Crippen LogP contribution in [0.1, 0.15) is 47.4 Å². The van der Waals surface area contributed by atoms with E-state index in [9.17, 15) is 9.59 Å². The third-order valence-corrected chi connectivity index (χ3v) is 4.96. The summed E-state index contributed by atoms with van der Waals surface area (Å²) in [4.78, 5) is 27.5. The van der Waals surface area contributed by atoms with E-state index in [1.807, 2.05) is 12.1 Å². The Morgan fingerprint density at radius 3 is 2.65 bits per heavy atom. The van der Waals surface area contributed by atoms with Crippen LogP contribution in [0.15, 0.2) is 42.5 Å². The molecule has 7 heteroatoms. The number of rotatable bonds is 9. The molecule has 2 aromatic carbocycles. The number of morpholine rings is 1. The predicted molar refractivity (Wildman–Crippen MR) is 120 cm³/mol. The molecular formula is C24H30N2O5. The number of amides is 1. The molecule has 0 aliphatic carbocycles. The summed E-state index contributed by atoms with van der Waals surface area (Å²) in [5.74, 6) is -0.0164. The molecule has 1 fully saturated rings. The molecule has 166 valence electrons. The van der Waals surface area contributed by atoms with E-state index in [4.69, 9.17) is 14.2 Å². The number of hydrogen-bond acceptors (Lipinski definition) is 6. The normalized spacial score (nSPS) is 13.5. The Morgan fingerprint density at radius 1 is 1.10 bits per heavy atom. The molecule has 0 unspecified atom stereocenters. The molecule has 0 bridgehead atoms. The zero-order valence-corrected chi connectivity index (χ0v) is 18.2. The quantitative estimate of drug-likeness (QED) is 0.480. The first kappa shape index (κ1) is 22.6. The predicted octanol–water partition coefficient (Wildman–Crippen LogP) is 4.13. The number of benzene rings is 2. The first-order valence-corrected chi connectivity index (χ1v) is 10.8. The van der Waals surface area contributed by atoms with Gasteiger partial charge in [0.2, 0.25) is 0 Å². The summed E-state index contributed by atoms with van der Waals surface area (Å²) in [6.45, 7) is 7.38. The first-order valence-electron chi connectivity index (χ1n) is 10.8. The fourth-order valence-corrected chi connectivity index (χ4v) is 3.33. The highest BCUT2D eigenvalue weighted by Crippen LogP contribution is 2.27. The van der Waals surface area contributed by atoms with E-state index in [-0.39, 0.29) is 12.5 Å². The lowest BCUT2D eigenvalue weighted by atomic mass is 10.1. The number of nitrogens with one attached hydrogen (secondary N) is 1. The molecule has 2 aromatic rings. The summed E-state index contributed by atoms with van der Waals surface area (Å²) in [7, 11) is 0. The Bertz CT molecular complexity index is 893. The van der Waals surface area contributed by atoms with E-state index in [0.717, 1.165) is 18.5 Å². The van der Waals surface area contributed by atoms with Gasteiger partial charge in [-0.3, -0.25) is 4.79 Å². The van der Waals surface area contributed by atoms with Crippen LogP contribution in [0.5, 0.6) is 5.75 Å². The van der Waals surface area contributed by atoms with Crippen molar-refractivity contribution in [3.05, 3.63) is 53.6 Å². The molecule has 1 heterocycles. The molecule has 1 N–H and O–H groups in total. The zero-order chi connectivity index (χ0) is 22.1. The molecule has 0 atom stereocenters. The zero-order valence-electron chi connectivity index (χ0n) is 18.2. The Balaban J connectivity index is 1.77. The second kappa shape index (κ2) is 11.4. The molecule has 0 radical (unpaired) electrons. The lowest BCUT2D eigenvalue weighted by Gasteiger charge is -2.30. The summed E-state index contributed by atoms with van der Waals surface area (Å²) >= 11 is 0. The number of carbonyl (C=O) groups is 2. The molecule has 31 heavy (non-hydrogen) atoms. The van der Waals surface area contributed by atoms with Crippen LogP contribution in [-0.4, -0.2) is 51.4 Å². The Kier molecular flexibility index (Phi) is 8.29. The maximum atomic E-state index is 12.8. The van der Waals surface area contributed by atoms with Crippen molar-refractivity contribution in [2.75, 3.05) is 49.7 Å². The van der Waals surface area contributed by atoms with Gasteiger partial charge in [0, 0.05) is 24.3 Å². The fraction of sp³-hybridized carbons (Fsp3) is 0.417. The maximum absolute atomic E-state index is 12.8. The smallest absolute Gasteiger partial charge is 0.340 e. The van der Waals surface area contributed by atoms with E-state index in [0.29, 0.717) is 55.5 Å². The molecule has 3 rings (SSSR count). The van der Waals surface area contributed by atoms with Crippen LogP contribution in [0.2, 0.25) is 0 Å². The highest BCUT2D eigenvalue weighted by atomic mass is 16.5. The van der Waals surface area contributed by atoms with Gasteiger partial charge in [0.15, 0.2) is 0 Å².